The molecule has 0 fully saturated rings. The van der Waals surface area contributed by atoms with Crippen LogP contribution in [0.1, 0.15) is 35.4 Å². The van der Waals surface area contributed by atoms with E-state index >= 15 is 0 Å². The molecule has 2 aromatic heterocycles. The molecule has 2 amide bonds. The van der Waals surface area contributed by atoms with Crippen LogP contribution in [0.2, 0.25) is 4.34 Å². The van der Waals surface area contributed by atoms with Crippen LogP contribution in [0.3, 0.4) is 0 Å². The van der Waals surface area contributed by atoms with Gasteiger partial charge in [0.25, 0.3) is 11.8 Å². The summed E-state index contributed by atoms with van der Waals surface area (Å²) in [6, 6.07) is 10.5. The Labute approximate surface area is 171 Å². The zero-order chi connectivity index (χ0) is 20.0. The standard InChI is InChI=1S/C20H20ClN3O3S/c1-2-13(25)10-23-14-6-4-3-5-11(14)7-16(19(23)27)24-15(18(22)26)8-12-9-17(21)28-20(12)24/h3-6,8-9,13,16,25H,2,7,10H2,1H3,(H2,22,26). The first-order valence-electron chi connectivity index (χ1n) is 9.08. The van der Waals surface area contributed by atoms with Crippen molar-refractivity contribution >= 4 is 50.7 Å². The summed E-state index contributed by atoms with van der Waals surface area (Å²) in [6.07, 6.45) is 0.345. The number of benzene rings is 1. The maximum Gasteiger partial charge on any atom is 0.265 e. The lowest BCUT2D eigenvalue weighted by Gasteiger charge is -2.36. The molecule has 1 aliphatic heterocycles. The fourth-order valence-corrected chi connectivity index (χ4v) is 5.02. The normalized spacial score (nSPS) is 17.8. The second-order valence-corrected chi connectivity index (χ2v) is 8.60. The average Bonchev–Trinajstić information content (AvgIpc) is 3.19. The Morgan fingerprint density at radius 1 is 1.39 bits per heavy atom. The van der Waals surface area contributed by atoms with Gasteiger partial charge < -0.3 is 20.3 Å². The van der Waals surface area contributed by atoms with E-state index in [4.69, 9.17) is 17.3 Å². The highest BCUT2D eigenvalue weighted by Crippen LogP contribution is 2.39. The molecule has 0 saturated heterocycles. The largest absolute Gasteiger partial charge is 0.391 e. The Morgan fingerprint density at radius 3 is 2.86 bits per heavy atom. The predicted molar refractivity (Wildman–Crippen MR) is 111 cm³/mol. The van der Waals surface area contributed by atoms with Gasteiger partial charge in [-0.05, 0) is 30.2 Å². The van der Waals surface area contributed by atoms with Crippen molar-refractivity contribution in [2.75, 3.05) is 11.4 Å². The summed E-state index contributed by atoms with van der Waals surface area (Å²) in [7, 11) is 0. The quantitative estimate of drug-likeness (QED) is 0.667. The average molecular weight is 418 g/mol. The molecule has 0 saturated carbocycles. The van der Waals surface area contributed by atoms with Crippen molar-refractivity contribution in [2.24, 2.45) is 5.73 Å². The van der Waals surface area contributed by atoms with Gasteiger partial charge in [0.05, 0.1) is 17.0 Å². The maximum absolute atomic E-state index is 13.5. The van der Waals surface area contributed by atoms with Gasteiger partial charge in [-0.3, -0.25) is 9.59 Å². The Bertz CT molecular complexity index is 1070. The Morgan fingerprint density at radius 2 is 2.14 bits per heavy atom. The van der Waals surface area contributed by atoms with Gasteiger partial charge in [0.15, 0.2) is 0 Å². The van der Waals surface area contributed by atoms with Crippen molar-refractivity contribution in [1.82, 2.24) is 4.57 Å². The number of carbonyl (C=O) groups is 2. The molecule has 1 aliphatic rings. The molecule has 3 N–H and O–H groups in total. The zero-order valence-electron chi connectivity index (χ0n) is 15.3. The number of hydrogen-bond donors (Lipinski definition) is 2. The number of fused-ring (bicyclic) bond motifs is 2. The van der Waals surface area contributed by atoms with Gasteiger partial charge in [-0.15, -0.1) is 11.3 Å². The number of primary amides is 1. The molecular weight excluding hydrogens is 398 g/mol. The fraction of sp³-hybridized carbons (Fsp3) is 0.300. The number of nitrogens with zero attached hydrogens (tertiary/aromatic N) is 2. The molecule has 3 aromatic rings. The number of rotatable bonds is 5. The minimum Gasteiger partial charge on any atom is -0.391 e. The fourth-order valence-electron chi connectivity index (χ4n) is 3.75. The Hall–Kier alpha value is -2.35. The van der Waals surface area contributed by atoms with Gasteiger partial charge in [-0.2, -0.15) is 0 Å². The maximum atomic E-state index is 13.5. The SMILES string of the molecule is CCC(O)CN1C(=O)C(n2c(C(N)=O)cc3cc(Cl)sc32)Cc2ccccc21. The molecule has 1 aromatic carbocycles. The number of anilines is 1. The highest BCUT2D eigenvalue weighted by molar-refractivity contribution is 7.22. The number of β-amino-alcohol motifs (C(OH)–C–C–N with tert-alkyl or cyclic N) is 1. The summed E-state index contributed by atoms with van der Waals surface area (Å²) in [5.41, 5.74) is 7.67. The van der Waals surface area contributed by atoms with Crippen LogP contribution in [-0.4, -0.2) is 34.1 Å². The van der Waals surface area contributed by atoms with Crippen molar-refractivity contribution in [3.63, 3.8) is 0 Å². The van der Waals surface area contributed by atoms with Crippen molar-refractivity contribution in [2.45, 2.75) is 31.9 Å². The van der Waals surface area contributed by atoms with E-state index < -0.39 is 18.1 Å². The van der Waals surface area contributed by atoms with Crippen molar-refractivity contribution in [3.05, 3.63) is 52.0 Å². The number of hydrogen-bond acceptors (Lipinski definition) is 4. The molecular formula is C20H20ClN3O3S. The summed E-state index contributed by atoms with van der Waals surface area (Å²) in [5.74, 6) is -0.762. The summed E-state index contributed by atoms with van der Waals surface area (Å²) >= 11 is 7.48. The van der Waals surface area contributed by atoms with E-state index in [-0.39, 0.29) is 18.1 Å². The Kier molecular flexibility index (Phi) is 4.91. The molecule has 0 radical (unpaired) electrons. The summed E-state index contributed by atoms with van der Waals surface area (Å²) in [6.45, 7) is 2.07. The summed E-state index contributed by atoms with van der Waals surface area (Å²) < 4.78 is 2.29. The molecule has 6 nitrogen and oxygen atoms in total. The van der Waals surface area contributed by atoms with E-state index in [9.17, 15) is 14.7 Å². The molecule has 146 valence electrons. The third-order valence-corrected chi connectivity index (χ3v) is 6.44. The number of aliphatic hydroxyl groups is 1. The second-order valence-electron chi connectivity index (χ2n) is 6.93. The smallest absolute Gasteiger partial charge is 0.265 e. The molecule has 2 unspecified atom stereocenters. The minimum atomic E-state index is -0.632. The Balaban J connectivity index is 1.87. The lowest BCUT2D eigenvalue weighted by atomic mass is 9.96. The molecule has 28 heavy (non-hydrogen) atoms. The molecule has 0 bridgehead atoms. The molecule has 8 heteroatoms. The number of aliphatic hydroxyl groups excluding tert-OH is 1. The number of amides is 2. The van der Waals surface area contributed by atoms with Crippen molar-refractivity contribution in [1.29, 1.82) is 0 Å². The first kappa shape index (κ1) is 19.0. The third-order valence-electron chi connectivity index (χ3n) is 5.16. The van der Waals surface area contributed by atoms with Crippen LogP contribution in [0, 0.1) is 0 Å². The lowest BCUT2D eigenvalue weighted by molar-refractivity contribution is -0.122. The predicted octanol–water partition coefficient (Wildman–Crippen LogP) is 3.36. The van der Waals surface area contributed by atoms with E-state index in [1.807, 2.05) is 31.2 Å². The van der Waals surface area contributed by atoms with E-state index in [0.29, 0.717) is 17.2 Å². The number of nitrogens with two attached hydrogens (primary N) is 1. The molecule has 3 heterocycles. The minimum absolute atomic E-state index is 0.171. The van der Waals surface area contributed by atoms with Crippen LogP contribution in [-0.2, 0) is 11.2 Å². The van der Waals surface area contributed by atoms with Crippen LogP contribution in [0.25, 0.3) is 10.2 Å². The van der Waals surface area contributed by atoms with Crippen molar-refractivity contribution in [3.8, 4) is 0 Å². The monoisotopic (exact) mass is 417 g/mol. The topological polar surface area (TPSA) is 88.6 Å². The van der Waals surface area contributed by atoms with Gasteiger partial charge in [0.1, 0.15) is 16.6 Å². The molecule has 2 atom stereocenters. The van der Waals surface area contributed by atoms with Crippen LogP contribution >= 0.6 is 22.9 Å². The highest BCUT2D eigenvalue weighted by Gasteiger charge is 2.37. The van der Waals surface area contributed by atoms with E-state index in [0.717, 1.165) is 21.5 Å². The van der Waals surface area contributed by atoms with E-state index in [2.05, 4.69) is 0 Å². The zero-order valence-corrected chi connectivity index (χ0v) is 16.8. The van der Waals surface area contributed by atoms with Gasteiger partial charge >= 0.3 is 0 Å². The first-order valence-corrected chi connectivity index (χ1v) is 10.3. The van der Waals surface area contributed by atoms with E-state index in [1.54, 1.807) is 21.6 Å². The molecule has 4 rings (SSSR count). The molecule has 0 aliphatic carbocycles. The van der Waals surface area contributed by atoms with Crippen LogP contribution < -0.4 is 10.6 Å². The van der Waals surface area contributed by atoms with Gasteiger partial charge in [0.2, 0.25) is 0 Å². The number of thiophene rings is 1. The first-order chi connectivity index (χ1) is 13.4. The van der Waals surface area contributed by atoms with Crippen molar-refractivity contribution < 1.29 is 14.7 Å². The highest BCUT2D eigenvalue weighted by atomic mass is 35.5. The summed E-state index contributed by atoms with van der Waals surface area (Å²) in [5, 5.41) is 11.0. The van der Waals surface area contributed by atoms with Crippen LogP contribution in [0.15, 0.2) is 36.4 Å². The lowest BCUT2D eigenvalue weighted by Crippen LogP contribution is -2.46. The number of para-hydroxylation sites is 1. The third kappa shape index (κ3) is 3.09. The van der Waals surface area contributed by atoms with Crippen LogP contribution in [0.5, 0.6) is 0 Å². The van der Waals surface area contributed by atoms with Gasteiger partial charge in [-0.25, -0.2) is 0 Å². The number of halogens is 1. The van der Waals surface area contributed by atoms with Crippen LogP contribution in [0.4, 0.5) is 5.69 Å². The van der Waals surface area contributed by atoms with Gasteiger partial charge in [-0.1, -0.05) is 36.7 Å². The second kappa shape index (κ2) is 7.24. The number of carbonyl (C=O) groups excluding carboxylic acids is 2. The summed E-state index contributed by atoms with van der Waals surface area (Å²) in [4.78, 5) is 27.9. The van der Waals surface area contributed by atoms with Gasteiger partial charge in [0, 0.05) is 17.5 Å². The molecule has 0 spiro atoms. The van der Waals surface area contributed by atoms with E-state index in [1.165, 1.54) is 11.3 Å². The number of aromatic nitrogens is 1.